The van der Waals surface area contributed by atoms with Crippen LogP contribution in [0.2, 0.25) is 6.04 Å². The van der Waals surface area contributed by atoms with Gasteiger partial charge in [-0.15, -0.1) is 0 Å². The molecule has 9 heteroatoms. The minimum absolute atomic E-state index is 0.425. The Morgan fingerprint density at radius 1 is 0.569 bits per heavy atom. The number of rotatable bonds is 19. The molecule has 0 heterocycles. The fourth-order valence-corrected chi connectivity index (χ4v) is 13.2. The van der Waals surface area contributed by atoms with Crippen molar-refractivity contribution in [2.75, 3.05) is 26.4 Å². The van der Waals surface area contributed by atoms with Gasteiger partial charge in [-0.05, 0) is 87.5 Å². The Labute approximate surface area is 307 Å². The van der Waals surface area contributed by atoms with Gasteiger partial charge < -0.3 is 23.3 Å². The van der Waals surface area contributed by atoms with Gasteiger partial charge in [-0.25, -0.2) is 4.79 Å². The van der Waals surface area contributed by atoms with E-state index < -0.39 is 30.7 Å². The van der Waals surface area contributed by atoms with E-state index in [1.54, 1.807) is 0 Å². The summed E-state index contributed by atoms with van der Waals surface area (Å²) in [7, 11) is -4.18. The van der Waals surface area contributed by atoms with Crippen LogP contribution in [0, 0.1) is 0 Å². The predicted octanol–water partition coefficient (Wildman–Crippen LogP) is 8.48. The lowest BCUT2D eigenvalue weighted by Gasteiger charge is -2.28. The number of hydrogen-bond donors (Lipinski definition) is 1. The molecule has 51 heavy (non-hydrogen) atoms. The third-order valence-corrected chi connectivity index (χ3v) is 16.4. The highest BCUT2D eigenvalue weighted by Gasteiger charge is 2.39. The van der Waals surface area contributed by atoms with Crippen molar-refractivity contribution in [1.82, 2.24) is 5.32 Å². The molecule has 5 aromatic rings. The SMILES string of the molecule is CCO[Si](CCCNC(=O)Oc1cc(CP(c2ccccc2)c2ccccc2)cc(CP(c2ccccc2)c2ccccc2)c1)(OCC)OCC. The van der Waals surface area contributed by atoms with Crippen molar-refractivity contribution < 1.29 is 22.8 Å². The molecule has 5 rings (SSSR count). The van der Waals surface area contributed by atoms with Crippen molar-refractivity contribution in [2.24, 2.45) is 0 Å². The first-order chi connectivity index (χ1) is 25.0. The summed E-state index contributed by atoms with van der Waals surface area (Å²) in [6.07, 6.45) is 1.83. The van der Waals surface area contributed by atoms with E-state index in [4.69, 9.17) is 18.0 Å². The minimum atomic E-state index is -2.79. The molecule has 0 saturated carbocycles. The molecule has 0 spiro atoms. The van der Waals surface area contributed by atoms with E-state index in [0.29, 0.717) is 44.6 Å². The highest BCUT2D eigenvalue weighted by molar-refractivity contribution is 7.72. The highest BCUT2D eigenvalue weighted by Crippen LogP contribution is 2.42. The smallest absolute Gasteiger partial charge is 0.410 e. The van der Waals surface area contributed by atoms with E-state index >= 15 is 0 Å². The first-order valence-electron chi connectivity index (χ1n) is 17.8. The summed E-state index contributed by atoms with van der Waals surface area (Å²) in [5.41, 5.74) is 2.29. The quantitative estimate of drug-likeness (QED) is 0.0524. The van der Waals surface area contributed by atoms with E-state index in [-0.39, 0.29) is 0 Å². The molecule has 5 aromatic carbocycles. The van der Waals surface area contributed by atoms with E-state index in [0.717, 1.165) is 23.5 Å². The first-order valence-corrected chi connectivity index (χ1v) is 22.8. The second kappa shape index (κ2) is 20.4. The lowest BCUT2D eigenvalue weighted by atomic mass is 10.1. The van der Waals surface area contributed by atoms with Crippen LogP contribution in [0.3, 0.4) is 0 Å². The van der Waals surface area contributed by atoms with Crippen LogP contribution >= 0.6 is 15.8 Å². The normalized spacial score (nSPS) is 11.5. The van der Waals surface area contributed by atoms with Gasteiger partial charge in [0.2, 0.25) is 0 Å². The molecule has 1 amide bonds. The maximum Gasteiger partial charge on any atom is 0.500 e. The van der Waals surface area contributed by atoms with Crippen LogP contribution in [-0.4, -0.2) is 41.3 Å². The average Bonchev–Trinajstić information content (AvgIpc) is 3.16. The molecular formula is C42H49NO5P2Si. The molecule has 0 atom stereocenters. The molecule has 6 nitrogen and oxygen atoms in total. The second-order valence-electron chi connectivity index (χ2n) is 11.9. The summed E-state index contributed by atoms with van der Waals surface area (Å²) in [6, 6.07) is 49.9. The van der Waals surface area contributed by atoms with Crippen molar-refractivity contribution in [2.45, 2.75) is 45.6 Å². The molecule has 0 fully saturated rings. The van der Waals surface area contributed by atoms with Crippen molar-refractivity contribution >= 4 is 52.0 Å². The Morgan fingerprint density at radius 3 is 1.29 bits per heavy atom. The molecule has 0 aliphatic carbocycles. The zero-order valence-corrected chi connectivity index (χ0v) is 32.7. The van der Waals surface area contributed by atoms with E-state index in [2.05, 4.69) is 133 Å². The Bertz CT molecular complexity index is 1550. The van der Waals surface area contributed by atoms with Crippen LogP contribution in [0.25, 0.3) is 0 Å². The van der Waals surface area contributed by atoms with E-state index in [1.807, 2.05) is 32.9 Å². The van der Waals surface area contributed by atoms with Crippen LogP contribution in [0.4, 0.5) is 4.79 Å². The number of amides is 1. The lowest BCUT2D eigenvalue weighted by Crippen LogP contribution is -2.46. The molecule has 0 unspecified atom stereocenters. The van der Waals surface area contributed by atoms with Crippen molar-refractivity contribution in [1.29, 1.82) is 0 Å². The molecule has 1 N–H and O–H groups in total. The Kier molecular flexibility index (Phi) is 15.4. The van der Waals surface area contributed by atoms with Gasteiger partial charge >= 0.3 is 14.9 Å². The van der Waals surface area contributed by atoms with Gasteiger partial charge in [0, 0.05) is 44.7 Å². The highest BCUT2D eigenvalue weighted by atomic mass is 31.1. The van der Waals surface area contributed by atoms with Crippen LogP contribution in [-0.2, 0) is 25.6 Å². The van der Waals surface area contributed by atoms with Gasteiger partial charge in [0.05, 0.1) is 0 Å². The molecule has 0 aliphatic heterocycles. The monoisotopic (exact) mass is 737 g/mol. The summed E-state index contributed by atoms with van der Waals surface area (Å²) >= 11 is 0. The molecule has 0 aliphatic rings. The standard InChI is InChI=1S/C42H49NO5P2Si/c1-4-45-51(46-5-2,47-6-3)29-19-28-43-42(44)48-37-31-35(33-49(38-20-11-7-12-21-38)39-22-13-8-14-23-39)30-36(32-37)34-50(40-24-15-9-16-25-40)41-26-17-10-18-27-41/h7-18,20-27,30-32H,4-6,19,28-29,33-34H2,1-3H3,(H,43,44). The van der Waals surface area contributed by atoms with Gasteiger partial charge in [0.1, 0.15) is 5.75 Å². The lowest BCUT2D eigenvalue weighted by molar-refractivity contribution is 0.0708. The summed E-state index contributed by atoms with van der Waals surface area (Å²) in [5.74, 6) is 0.550. The zero-order chi connectivity index (χ0) is 35.7. The molecule has 0 aromatic heterocycles. The number of nitrogens with one attached hydrogen (secondary N) is 1. The van der Waals surface area contributed by atoms with Crippen LogP contribution in [0.1, 0.15) is 38.3 Å². The largest absolute Gasteiger partial charge is 0.500 e. The zero-order valence-electron chi connectivity index (χ0n) is 29.9. The van der Waals surface area contributed by atoms with Gasteiger partial charge in [-0.1, -0.05) is 127 Å². The number of hydrogen-bond acceptors (Lipinski definition) is 5. The maximum atomic E-state index is 13.3. The Balaban J connectivity index is 1.41. The topological polar surface area (TPSA) is 66.0 Å². The predicted molar refractivity (Wildman–Crippen MR) is 216 cm³/mol. The summed E-state index contributed by atoms with van der Waals surface area (Å²) in [4.78, 5) is 13.3. The van der Waals surface area contributed by atoms with E-state index in [1.165, 1.54) is 21.2 Å². The van der Waals surface area contributed by atoms with Crippen LogP contribution in [0.5, 0.6) is 5.75 Å². The summed E-state index contributed by atoms with van der Waals surface area (Å²) in [5, 5.41) is 8.20. The van der Waals surface area contributed by atoms with E-state index in [9.17, 15) is 4.79 Å². The van der Waals surface area contributed by atoms with Crippen molar-refractivity contribution in [3.63, 3.8) is 0 Å². The molecule has 266 valence electrons. The van der Waals surface area contributed by atoms with Crippen LogP contribution < -0.4 is 31.3 Å². The van der Waals surface area contributed by atoms with Gasteiger partial charge in [-0.2, -0.15) is 0 Å². The number of carbonyl (C=O) groups is 1. The Morgan fingerprint density at radius 2 is 0.941 bits per heavy atom. The fraction of sp³-hybridized carbons (Fsp3) is 0.262. The number of ether oxygens (including phenoxy) is 1. The molecule has 0 saturated heterocycles. The second-order valence-corrected chi connectivity index (χ2v) is 19.0. The maximum absolute atomic E-state index is 13.3. The van der Waals surface area contributed by atoms with Crippen molar-refractivity contribution in [3.8, 4) is 5.75 Å². The minimum Gasteiger partial charge on any atom is -0.410 e. The van der Waals surface area contributed by atoms with Gasteiger partial charge in [0.15, 0.2) is 0 Å². The Hall–Kier alpha value is -3.67. The number of carbonyl (C=O) groups excluding carboxylic acids is 1. The average molecular weight is 738 g/mol. The molecule has 0 radical (unpaired) electrons. The first kappa shape index (κ1) is 38.6. The third-order valence-electron chi connectivity index (χ3n) is 8.21. The summed E-state index contributed by atoms with van der Waals surface area (Å²) in [6.45, 7) is 7.83. The van der Waals surface area contributed by atoms with Crippen molar-refractivity contribution in [3.05, 3.63) is 151 Å². The third kappa shape index (κ3) is 11.7. The van der Waals surface area contributed by atoms with Crippen LogP contribution in [0.15, 0.2) is 140 Å². The number of benzene rings is 5. The van der Waals surface area contributed by atoms with Gasteiger partial charge in [-0.3, -0.25) is 0 Å². The molecule has 0 bridgehead atoms. The molecular weight excluding hydrogens is 688 g/mol. The fourth-order valence-electron chi connectivity index (χ4n) is 6.07. The van der Waals surface area contributed by atoms with Gasteiger partial charge in [0.25, 0.3) is 0 Å². The summed E-state index contributed by atoms with van der Waals surface area (Å²) < 4.78 is 24.0.